The lowest BCUT2D eigenvalue weighted by Crippen LogP contribution is -2.58. The van der Waals surface area contributed by atoms with Crippen LogP contribution in [0.2, 0.25) is 0 Å². The van der Waals surface area contributed by atoms with Crippen molar-refractivity contribution in [3.05, 3.63) is 89.0 Å². The largest absolute Gasteiger partial charge is 0.401 e. The average molecular weight is 518 g/mol. The number of nitrogens with zero attached hydrogens (tertiary/aromatic N) is 3. The van der Waals surface area contributed by atoms with Crippen LogP contribution in [0.25, 0.3) is 17.0 Å². The molecule has 0 radical (unpaired) electrons. The van der Waals surface area contributed by atoms with Crippen molar-refractivity contribution in [1.29, 1.82) is 0 Å². The number of rotatable bonds is 6. The Labute approximate surface area is 223 Å². The molecule has 1 aromatic carbocycles. The Balaban J connectivity index is 1.62. The number of aryl methyl sites for hydroxylation is 1. The zero-order chi connectivity index (χ0) is 27.3. The van der Waals surface area contributed by atoms with Gasteiger partial charge in [0, 0.05) is 29.7 Å². The van der Waals surface area contributed by atoms with Crippen LogP contribution in [0.1, 0.15) is 71.1 Å². The maximum absolute atomic E-state index is 14.5. The number of pyridine rings is 1. The summed E-state index contributed by atoms with van der Waals surface area (Å²) in [5.74, 6) is -1.37. The molecule has 0 unspecified atom stereocenters. The van der Waals surface area contributed by atoms with Gasteiger partial charge < -0.3 is 11.5 Å². The van der Waals surface area contributed by atoms with Crippen LogP contribution in [0.15, 0.2) is 66.1 Å². The van der Waals surface area contributed by atoms with Gasteiger partial charge in [0.2, 0.25) is 0 Å². The molecule has 38 heavy (non-hydrogen) atoms. The SMILES string of the molecule is CCCn1cc(-c2cccc(C34CC(C)(C3)C(C)(C)CCC(/C=C(\N)c3c(F)cccc3F)=C\4N)n2)cn1. The van der Waals surface area contributed by atoms with Crippen LogP contribution in [0.5, 0.6) is 0 Å². The van der Waals surface area contributed by atoms with Gasteiger partial charge in [-0.05, 0) is 78.8 Å². The molecule has 0 atom stereocenters. The number of aromatic nitrogens is 3. The van der Waals surface area contributed by atoms with Crippen LogP contribution in [-0.2, 0) is 12.0 Å². The molecule has 3 aliphatic carbocycles. The summed E-state index contributed by atoms with van der Waals surface area (Å²) in [7, 11) is 0. The van der Waals surface area contributed by atoms with Gasteiger partial charge in [-0.3, -0.25) is 9.67 Å². The van der Waals surface area contributed by atoms with Gasteiger partial charge in [0.15, 0.2) is 0 Å². The fourth-order valence-electron chi connectivity index (χ4n) is 6.35. The van der Waals surface area contributed by atoms with E-state index in [1.165, 1.54) is 18.2 Å². The molecule has 7 heteroatoms. The first-order chi connectivity index (χ1) is 18.0. The molecular formula is C31H37F2N5. The maximum atomic E-state index is 14.5. The number of allylic oxidation sites excluding steroid dienone is 3. The van der Waals surface area contributed by atoms with Gasteiger partial charge in [-0.25, -0.2) is 8.78 Å². The van der Waals surface area contributed by atoms with Crippen molar-refractivity contribution < 1.29 is 8.78 Å². The number of fused-ring (bicyclic) bond motifs is 3. The van der Waals surface area contributed by atoms with Crippen molar-refractivity contribution in [2.24, 2.45) is 22.3 Å². The first-order valence-electron chi connectivity index (χ1n) is 13.4. The minimum atomic E-state index is -0.687. The van der Waals surface area contributed by atoms with E-state index in [0.717, 1.165) is 54.8 Å². The summed E-state index contributed by atoms with van der Waals surface area (Å²) >= 11 is 0. The van der Waals surface area contributed by atoms with E-state index in [9.17, 15) is 8.78 Å². The Hall–Kier alpha value is -3.48. The third-order valence-electron chi connectivity index (χ3n) is 9.10. The zero-order valence-corrected chi connectivity index (χ0v) is 22.7. The molecule has 1 fully saturated rings. The van der Waals surface area contributed by atoms with E-state index in [1.54, 1.807) is 6.08 Å². The van der Waals surface area contributed by atoms with E-state index in [1.807, 2.05) is 35.3 Å². The second-order valence-electron chi connectivity index (χ2n) is 11.9. The van der Waals surface area contributed by atoms with Crippen molar-refractivity contribution in [2.75, 3.05) is 0 Å². The van der Waals surface area contributed by atoms with E-state index >= 15 is 0 Å². The molecule has 2 aromatic heterocycles. The standard InChI is InChI=1S/C31H37F2N5/c1-5-14-38-17-21(16-36-38)25-10-7-11-26(37-25)31-18-30(4,19-31)29(2,3)13-12-20(28(31)35)15-24(34)27-22(32)8-6-9-23(27)33/h6-11,15-17H,5,12-14,18-19,34-35H2,1-4H3/b24-15-,28-20-. The third kappa shape index (κ3) is 4.22. The Kier molecular flexibility index (Phi) is 6.44. The van der Waals surface area contributed by atoms with Crippen LogP contribution < -0.4 is 11.5 Å². The summed E-state index contributed by atoms with van der Waals surface area (Å²) in [4.78, 5) is 5.11. The number of benzene rings is 1. The van der Waals surface area contributed by atoms with Crippen LogP contribution in [0, 0.1) is 22.5 Å². The number of nitrogens with two attached hydrogens (primary N) is 2. The van der Waals surface area contributed by atoms with Crippen molar-refractivity contribution >= 4 is 5.70 Å². The van der Waals surface area contributed by atoms with E-state index in [0.29, 0.717) is 12.1 Å². The molecule has 200 valence electrons. The Morgan fingerprint density at radius 1 is 1.08 bits per heavy atom. The van der Waals surface area contributed by atoms with Gasteiger partial charge in [0.05, 0.1) is 28.6 Å². The molecule has 0 amide bonds. The summed E-state index contributed by atoms with van der Waals surface area (Å²) in [5, 5.41) is 4.47. The predicted octanol–water partition coefficient (Wildman–Crippen LogP) is 6.70. The fraction of sp³-hybridized carbons (Fsp3) is 0.419. The first-order valence-corrected chi connectivity index (χ1v) is 13.4. The highest BCUT2D eigenvalue weighted by Gasteiger charge is 2.61. The van der Waals surface area contributed by atoms with E-state index in [4.69, 9.17) is 16.5 Å². The Morgan fingerprint density at radius 2 is 1.76 bits per heavy atom. The summed E-state index contributed by atoms with van der Waals surface area (Å²) in [6.07, 6.45) is 9.79. The molecule has 6 rings (SSSR count). The quantitative estimate of drug-likeness (QED) is 0.381. The minimum Gasteiger partial charge on any atom is -0.401 e. The van der Waals surface area contributed by atoms with Crippen LogP contribution >= 0.6 is 0 Å². The monoisotopic (exact) mass is 517 g/mol. The first kappa shape index (κ1) is 26.1. The molecular weight excluding hydrogens is 480 g/mol. The predicted molar refractivity (Wildman–Crippen MR) is 148 cm³/mol. The van der Waals surface area contributed by atoms with Crippen LogP contribution in [-0.4, -0.2) is 14.8 Å². The summed E-state index contributed by atoms with van der Waals surface area (Å²) in [6, 6.07) is 9.83. The number of hydrogen-bond acceptors (Lipinski definition) is 4. The maximum Gasteiger partial charge on any atom is 0.135 e. The molecule has 0 spiro atoms. The van der Waals surface area contributed by atoms with Crippen molar-refractivity contribution in [3.8, 4) is 11.3 Å². The van der Waals surface area contributed by atoms with Crippen LogP contribution in [0.4, 0.5) is 8.78 Å². The molecule has 1 saturated carbocycles. The highest BCUT2D eigenvalue weighted by molar-refractivity contribution is 5.67. The number of hydrogen-bond donors (Lipinski definition) is 2. The van der Waals surface area contributed by atoms with E-state index in [2.05, 4.69) is 32.8 Å². The molecule has 3 aliphatic rings. The van der Waals surface area contributed by atoms with E-state index in [-0.39, 0.29) is 22.1 Å². The molecule has 5 nitrogen and oxygen atoms in total. The van der Waals surface area contributed by atoms with Gasteiger partial charge in [-0.1, -0.05) is 39.8 Å². The lowest BCUT2D eigenvalue weighted by molar-refractivity contribution is -0.0617. The highest BCUT2D eigenvalue weighted by Crippen LogP contribution is 2.67. The summed E-state index contributed by atoms with van der Waals surface area (Å²) in [6.45, 7) is 9.91. The third-order valence-corrected chi connectivity index (χ3v) is 9.10. The summed E-state index contributed by atoms with van der Waals surface area (Å²) in [5.41, 5.74) is 17.0. The van der Waals surface area contributed by atoms with Gasteiger partial charge in [0.1, 0.15) is 11.6 Å². The molecule has 2 bridgehead atoms. The van der Waals surface area contributed by atoms with Crippen molar-refractivity contribution in [1.82, 2.24) is 14.8 Å². The fourth-order valence-corrected chi connectivity index (χ4v) is 6.35. The molecule has 3 aromatic rings. The van der Waals surface area contributed by atoms with Gasteiger partial charge in [-0.2, -0.15) is 5.10 Å². The van der Waals surface area contributed by atoms with Crippen molar-refractivity contribution in [3.63, 3.8) is 0 Å². The van der Waals surface area contributed by atoms with Gasteiger partial charge in [-0.15, -0.1) is 0 Å². The highest BCUT2D eigenvalue weighted by atomic mass is 19.1. The zero-order valence-electron chi connectivity index (χ0n) is 22.7. The smallest absolute Gasteiger partial charge is 0.135 e. The normalized spacial score (nSPS) is 26.9. The second kappa shape index (κ2) is 9.37. The molecule has 0 saturated heterocycles. The lowest BCUT2D eigenvalue weighted by Gasteiger charge is -2.63. The number of halogens is 2. The lowest BCUT2D eigenvalue weighted by atomic mass is 9.41. The molecule has 0 aliphatic heterocycles. The summed E-state index contributed by atoms with van der Waals surface area (Å²) < 4.78 is 31.0. The van der Waals surface area contributed by atoms with E-state index < -0.39 is 17.0 Å². The van der Waals surface area contributed by atoms with Gasteiger partial charge in [0.25, 0.3) is 0 Å². The molecule has 2 heterocycles. The topological polar surface area (TPSA) is 82.8 Å². The van der Waals surface area contributed by atoms with Gasteiger partial charge >= 0.3 is 0 Å². The van der Waals surface area contributed by atoms with Crippen molar-refractivity contribution in [2.45, 2.75) is 71.8 Å². The minimum absolute atomic E-state index is 0.0349. The average Bonchev–Trinajstić information content (AvgIpc) is 3.32. The van der Waals surface area contributed by atoms with Crippen LogP contribution in [0.3, 0.4) is 0 Å². The Morgan fingerprint density at radius 3 is 2.45 bits per heavy atom. The Bertz CT molecular complexity index is 1410. The molecule has 4 N–H and O–H groups in total. The second-order valence-corrected chi connectivity index (χ2v) is 11.9.